The summed E-state index contributed by atoms with van der Waals surface area (Å²) in [6, 6.07) is 2.67. The van der Waals surface area contributed by atoms with Crippen LogP contribution in [0.4, 0.5) is 0 Å². The van der Waals surface area contributed by atoms with E-state index in [1.807, 2.05) is 0 Å². The van der Waals surface area contributed by atoms with Crippen LogP contribution >= 0.6 is 24.0 Å². The maximum absolute atomic E-state index is 9.73. The number of aliphatic hydroxyl groups is 1. The molecular formula is C10H15Cl2NO3. The van der Waals surface area contributed by atoms with Gasteiger partial charge in [-0.15, -0.1) is 12.4 Å². The summed E-state index contributed by atoms with van der Waals surface area (Å²) in [6.07, 6.45) is 0.338. The van der Waals surface area contributed by atoms with Crippen LogP contribution in [0.2, 0.25) is 5.02 Å². The van der Waals surface area contributed by atoms with Crippen LogP contribution in [0.3, 0.4) is 0 Å². The Hall–Kier alpha value is -0.680. The fraction of sp³-hybridized carbons (Fsp3) is 0.400. The molecule has 1 aromatic carbocycles. The topological polar surface area (TPSA) is 75.7 Å². The molecule has 0 spiro atoms. The van der Waals surface area contributed by atoms with Gasteiger partial charge in [-0.1, -0.05) is 11.6 Å². The Morgan fingerprint density at radius 2 is 2.12 bits per heavy atom. The van der Waals surface area contributed by atoms with Crippen molar-refractivity contribution < 1.29 is 14.9 Å². The highest BCUT2D eigenvalue weighted by molar-refractivity contribution is 6.32. The number of phenolic OH excluding ortho intramolecular Hbond substituents is 1. The summed E-state index contributed by atoms with van der Waals surface area (Å²) in [5.74, 6) is 0.384. The van der Waals surface area contributed by atoms with Crippen molar-refractivity contribution in [3.8, 4) is 11.5 Å². The fourth-order valence-corrected chi connectivity index (χ4v) is 1.55. The minimum Gasteiger partial charge on any atom is -0.506 e. The number of ether oxygens (including phenoxy) is 1. The van der Waals surface area contributed by atoms with Gasteiger partial charge in [-0.05, 0) is 18.6 Å². The van der Waals surface area contributed by atoms with Crippen molar-refractivity contribution in [1.29, 1.82) is 0 Å². The molecule has 1 aromatic rings. The smallest absolute Gasteiger partial charge is 0.142 e. The van der Waals surface area contributed by atoms with Crippen LogP contribution in [0.15, 0.2) is 12.1 Å². The summed E-state index contributed by atoms with van der Waals surface area (Å²) in [6.45, 7) is -0.0593. The number of aromatic hydroxyl groups is 1. The zero-order valence-corrected chi connectivity index (χ0v) is 10.4. The molecule has 0 aromatic heterocycles. The van der Waals surface area contributed by atoms with Crippen molar-refractivity contribution in [2.45, 2.75) is 12.5 Å². The number of hydrogen-bond donors (Lipinski definition) is 3. The number of nitrogens with two attached hydrogens (primary N) is 1. The van der Waals surface area contributed by atoms with Crippen molar-refractivity contribution in [1.82, 2.24) is 0 Å². The Balaban J connectivity index is 0.00000225. The standard InChI is InChI=1S/C10H14ClNO3.ClH/c1-15-8-3-2-6(11)10(14)9(8)7(12)4-5-13;/h2-3,7,13-14H,4-5,12H2,1H3;1H/t7-;/m0./s1. The second-order valence-corrected chi connectivity index (χ2v) is 3.54. The molecule has 0 fully saturated rings. The molecule has 6 heteroatoms. The predicted octanol–water partition coefficient (Wildman–Crippen LogP) is 1.86. The lowest BCUT2D eigenvalue weighted by atomic mass is 10.0. The molecule has 0 amide bonds. The quantitative estimate of drug-likeness (QED) is 0.779. The lowest BCUT2D eigenvalue weighted by Crippen LogP contribution is -2.13. The van der Waals surface area contributed by atoms with Crippen LogP contribution < -0.4 is 10.5 Å². The van der Waals surface area contributed by atoms with Crippen molar-refractivity contribution >= 4 is 24.0 Å². The van der Waals surface area contributed by atoms with E-state index in [0.29, 0.717) is 17.7 Å². The number of benzene rings is 1. The Bertz CT molecular complexity index is 347. The first-order chi connectivity index (χ1) is 7.11. The Morgan fingerprint density at radius 1 is 1.50 bits per heavy atom. The second kappa shape index (κ2) is 6.81. The number of methoxy groups -OCH3 is 1. The first-order valence-corrected chi connectivity index (χ1v) is 4.91. The Kier molecular flexibility index (Phi) is 6.52. The number of hydrogen-bond acceptors (Lipinski definition) is 4. The van der Waals surface area contributed by atoms with E-state index in [-0.39, 0.29) is 29.8 Å². The highest BCUT2D eigenvalue weighted by Gasteiger charge is 2.18. The number of aliphatic hydroxyl groups excluding tert-OH is 1. The molecule has 0 aliphatic heterocycles. The van der Waals surface area contributed by atoms with Crippen molar-refractivity contribution in [2.75, 3.05) is 13.7 Å². The summed E-state index contributed by atoms with van der Waals surface area (Å²) in [7, 11) is 1.48. The summed E-state index contributed by atoms with van der Waals surface area (Å²) in [5.41, 5.74) is 6.22. The van der Waals surface area contributed by atoms with E-state index < -0.39 is 6.04 Å². The largest absolute Gasteiger partial charge is 0.506 e. The molecule has 0 heterocycles. The summed E-state index contributed by atoms with van der Waals surface area (Å²) in [4.78, 5) is 0. The summed E-state index contributed by atoms with van der Waals surface area (Å²) in [5, 5.41) is 18.7. The monoisotopic (exact) mass is 267 g/mol. The predicted molar refractivity (Wildman–Crippen MR) is 65.5 cm³/mol. The molecule has 0 bridgehead atoms. The third-order valence-corrected chi connectivity index (χ3v) is 2.46. The van der Waals surface area contributed by atoms with Crippen LogP contribution in [0.5, 0.6) is 11.5 Å². The number of phenols is 1. The van der Waals surface area contributed by atoms with Crippen molar-refractivity contribution in [3.05, 3.63) is 22.7 Å². The van der Waals surface area contributed by atoms with Gasteiger partial charge in [0.2, 0.25) is 0 Å². The van der Waals surface area contributed by atoms with Gasteiger partial charge < -0.3 is 20.7 Å². The molecule has 92 valence electrons. The fourth-order valence-electron chi connectivity index (χ4n) is 1.38. The zero-order chi connectivity index (χ0) is 11.4. The molecule has 0 unspecified atom stereocenters. The normalized spacial score (nSPS) is 11.8. The van der Waals surface area contributed by atoms with E-state index >= 15 is 0 Å². The van der Waals surface area contributed by atoms with E-state index in [4.69, 9.17) is 27.2 Å². The van der Waals surface area contributed by atoms with Crippen LogP contribution in [-0.2, 0) is 0 Å². The van der Waals surface area contributed by atoms with E-state index in [1.165, 1.54) is 13.2 Å². The first kappa shape index (κ1) is 15.3. The van der Waals surface area contributed by atoms with Crippen LogP contribution in [-0.4, -0.2) is 23.9 Å². The zero-order valence-electron chi connectivity index (χ0n) is 8.81. The summed E-state index contributed by atoms with van der Waals surface area (Å²) < 4.78 is 5.07. The molecule has 1 rings (SSSR count). The van der Waals surface area contributed by atoms with Gasteiger partial charge in [-0.3, -0.25) is 0 Å². The molecule has 0 saturated heterocycles. The highest BCUT2D eigenvalue weighted by atomic mass is 35.5. The minimum absolute atomic E-state index is 0. The van der Waals surface area contributed by atoms with Gasteiger partial charge in [0, 0.05) is 12.6 Å². The molecular weight excluding hydrogens is 253 g/mol. The lowest BCUT2D eigenvalue weighted by molar-refractivity contribution is 0.273. The van der Waals surface area contributed by atoms with Gasteiger partial charge >= 0.3 is 0 Å². The van der Waals surface area contributed by atoms with Crippen molar-refractivity contribution in [2.24, 2.45) is 5.73 Å². The van der Waals surface area contributed by atoms with Gasteiger partial charge in [0.1, 0.15) is 11.5 Å². The van der Waals surface area contributed by atoms with E-state index in [9.17, 15) is 5.11 Å². The Morgan fingerprint density at radius 3 is 2.62 bits per heavy atom. The molecule has 1 atom stereocenters. The van der Waals surface area contributed by atoms with E-state index in [0.717, 1.165) is 0 Å². The maximum atomic E-state index is 9.73. The average Bonchev–Trinajstić information content (AvgIpc) is 2.22. The van der Waals surface area contributed by atoms with E-state index in [1.54, 1.807) is 6.07 Å². The minimum atomic E-state index is -0.497. The number of rotatable bonds is 4. The van der Waals surface area contributed by atoms with Gasteiger partial charge in [0.05, 0.1) is 17.7 Å². The van der Waals surface area contributed by atoms with Gasteiger partial charge in [-0.25, -0.2) is 0 Å². The van der Waals surface area contributed by atoms with Crippen LogP contribution in [0.25, 0.3) is 0 Å². The summed E-state index contributed by atoms with van der Waals surface area (Å²) >= 11 is 5.76. The molecule has 0 aliphatic rings. The number of halogens is 2. The SMILES string of the molecule is COc1ccc(Cl)c(O)c1[C@@H](N)CCO.Cl. The molecule has 0 radical (unpaired) electrons. The van der Waals surface area contributed by atoms with Crippen molar-refractivity contribution in [3.63, 3.8) is 0 Å². The molecule has 0 saturated carbocycles. The Labute approximate surface area is 105 Å². The van der Waals surface area contributed by atoms with Gasteiger partial charge in [0.25, 0.3) is 0 Å². The third-order valence-electron chi connectivity index (χ3n) is 2.16. The average molecular weight is 268 g/mol. The maximum Gasteiger partial charge on any atom is 0.142 e. The molecule has 16 heavy (non-hydrogen) atoms. The molecule has 4 nitrogen and oxygen atoms in total. The van der Waals surface area contributed by atoms with Gasteiger partial charge in [-0.2, -0.15) is 0 Å². The third kappa shape index (κ3) is 3.15. The second-order valence-electron chi connectivity index (χ2n) is 3.13. The highest BCUT2D eigenvalue weighted by Crippen LogP contribution is 2.38. The lowest BCUT2D eigenvalue weighted by Gasteiger charge is -2.16. The molecule has 4 N–H and O–H groups in total. The first-order valence-electron chi connectivity index (χ1n) is 4.53. The van der Waals surface area contributed by atoms with E-state index in [2.05, 4.69) is 0 Å². The van der Waals surface area contributed by atoms with Crippen LogP contribution in [0.1, 0.15) is 18.0 Å². The van der Waals surface area contributed by atoms with Gasteiger partial charge in [0.15, 0.2) is 0 Å². The van der Waals surface area contributed by atoms with Crippen LogP contribution in [0, 0.1) is 0 Å². The molecule has 0 aliphatic carbocycles.